The molecule has 2 heterocycles. The van der Waals surface area contributed by atoms with Crippen molar-refractivity contribution in [2.45, 2.75) is 68.8 Å². The largest absolute Gasteiger partial charge is 0.481 e. The third kappa shape index (κ3) is 8.92. The fraction of sp³-hybridized carbons (Fsp3) is 0.773. The lowest BCUT2D eigenvalue weighted by atomic mass is 9.77. The van der Waals surface area contributed by atoms with Crippen LogP contribution in [0.25, 0.3) is 0 Å². The summed E-state index contributed by atoms with van der Waals surface area (Å²) in [5.74, 6) is 1.50. The molecule has 30 heavy (non-hydrogen) atoms. The highest BCUT2D eigenvalue weighted by Crippen LogP contribution is 2.54. The molecular formula is C22H36N2O4S2. The maximum absolute atomic E-state index is 12.2. The van der Waals surface area contributed by atoms with Crippen LogP contribution >= 0.6 is 23.5 Å². The van der Waals surface area contributed by atoms with Gasteiger partial charge in [0.05, 0.1) is 12.3 Å². The summed E-state index contributed by atoms with van der Waals surface area (Å²) in [4.78, 5) is 34.5. The smallest absolute Gasteiger partial charge is 0.303 e. The first-order valence-electron chi connectivity index (χ1n) is 11.1. The minimum Gasteiger partial charge on any atom is -0.481 e. The number of allylic oxidation sites excluding steroid dienone is 2. The molecule has 2 aliphatic heterocycles. The van der Waals surface area contributed by atoms with E-state index in [4.69, 9.17) is 5.11 Å². The van der Waals surface area contributed by atoms with Crippen molar-refractivity contribution in [3.8, 4) is 0 Å². The molecule has 0 saturated carbocycles. The van der Waals surface area contributed by atoms with Crippen molar-refractivity contribution in [3.63, 3.8) is 0 Å². The van der Waals surface area contributed by atoms with Crippen molar-refractivity contribution >= 4 is 41.3 Å². The number of carboxylic acid groups (broad SMARTS) is 1. The van der Waals surface area contributed by atoms with Gasteiger partial charge in [-0.25, -0.2) is 0 Å². The van der Waals surface area contributed by atoms with Crippen LogP contribution in [0, 0.1) is 11.8 Å². The highest BCUT2D eigenvalue weighted by atomic mass is 32.2. The Morgan fingerprint density at radius 3 is 2.57 bits per heavy atom. The molecule has 0 radical (unpaired) electrons. The summed E-state index contributed by atoms with van der Waals surface area (Å²) in [6, 6.07) is 0. The Hall–Kier alpha value is -1.15. The van der Waals surface area contributed by atoms with Crippen molar-refractivity contribution in [1.29, 1.82) is 0 Å². The van der Waals surface area contributed by atoms with E-state index < -0.39 is 5.97 Å². The SMILES string of the molecule is CCCCSCC(=O)NCC(=O)NC[C@@H]1[C@H](CC=CCCCC(=O)O)[C@@H]2CC[C@H]1S2. The molecule has 6 nitrogen and oxygen atoms in total. The number of aliphatic carboxylic acids is 1. The van der Waals surface area contributed by atoms with E-state index in [0.29, 0.717) is 41.1 Å². The Bertz CT molecular complexity index is 600. The maximum Gasteiger partial charge on any atom is 0.303 e. The molecule has 2 amide bonds. The summed E-state index contributed by atoms with van der Waals surface area (Å²) >= 11 is 3.68. The Kier molecular flexibility index (Phi) is 11.7. The van der Waals surface area contributed by atoms with E-state index in [1.165, 1.54) is 12.8 Å². The Morgan fingerprint density at radius 2 is 1.83 bits per heavy atom. The van der Waals surface area contributed by atoms with Crippen molar-refractivity contribution < 1.29 is 19.5 Å². The van der Waals surface area contributed by atoms with Gasteiger partial charge in [0.1, 0.15) is 0 Å². The molecule has 0 aromatic carbocycles. The number of carbonyl (C=O) groups excluding carboxylic acids is 2. The second kappa shape index (κ2) is 14.0. The number of carboxylic acids is 1. The van der Waals surface area contributed by atoms with E-state index >= 15 is 0 Å². The predicted octanol–water partition coefficient (Wildman–Crippen LogP) is 3.46. The monoisotopic (exact) mass is 456 g/mol. The van der Waals surface area contributed by atoms with Gasteiger partial charge in [0.25, 0.3) is 0 Å². The second-order valence-corrected chi connectivity index (χ2v) is 10.7. The molecule has 2 rings (SSSR count). The molecule has 4 atom stereocenters. The van der Waals surface area contributed by atoms with Crippen LogP contribution in [-0.4, -0.2) is 58.0 Å². The number of hydrogen-bond donors (Lipinski definition) is 3. The Morgan fingerprint density at radius 1 is 1.07 bits per heavy atom. The number of carbonyl (C=O) groups is 3. The molecule has 0 aliphatic carbocycles. The lowest BCUT2D eigenvalue weighted by molar-refractivity contribution is -0.137. The molecule has 8 heteroatoms. The third-order valence-corrected chi connectivity index (χ3v) is 8.70. The second-order valence-electron chi connectivity index (χ2n) is 8.10. The average molecular weight is 457 g/mol. The Labute approximate surface area is 188 Å². The number of unbranched alkanes of at least 4 members (excludes halogenated alkanes) is 2. The summed E-state index contributed by atoms with van der Waals surface area (Å²) in [6.07, 6.45) is 11.7. The van der Waals surface area contributed by atoms with Gasteiger partial charge in [0, 0.05) is 23.5 Å². The van der Waals surface area contributed by atoms with Crippen molar-refractivity contribution in [2.75, 3.05) is 24.6 Å². The van der Waals surface area contributed by atoms with Gasteiger partial charge in [0.15, 0.2) is 0 Å². The molecular weight excluding hydrogens is 420 g/mol. The van der Waals surface area contributed by atoms with Crippen molar-refractivity contribution in [2.24, 2.45) is 11.8 Å². The number of nitrogens with one attached hydrogen (secondary N) is 2. The standard InChI is InChI=1S/C22H36N2O4S2/c1-2-3-12-29-15-21(26)24-14-20(25)23-13-17-16(18-10-11-19(17)30-18)8-6-4-5-7-9-22(27)28/h4,6,16-19H,2-3,5,7-15H2,1H3,(H,23,25)(H,24,26)(H,27,28)/t16-,17+,18-,19+/m0/s1. The van der Waals surface area contributed by atoms with Crippen molar-refractivity contribution in [3.05, 3.63) is 12.2 Å². The normalized spacial score (nSPS) is 25.0. The summed E-state index contributed by atoms with van der Waals surface area (Å²) in [5.41, 5.74) is 0. The number of fused-ring (bicyclic) bond motifs is 2. The van der Waals surface area contributed by atoms with Gasteiger partial charge in [0.2, 0.25) is 11.8 Å². The van der Waals surface area contributed by atoms with E-state index in [-0.39, 0.29) is 24.8 Å². The number of thioether (sulfide) groups is 2. The van der Waals surface area contributed by atoms with Gasteiger partial charge < -0.3 is 15.7 Å². The van der Waals surface area contributed by atoms with Crippen LogP contribution in [0.5, 0.6) is 0 Å². The highest BCUT2D eigenvalue weighted by molar-refractivity contribution is 8.01. The predicted molar refractivity (Wildman–Crippen MR) is 125 cm³/mol. The molecule has 0 aromatic rings. The topological polar surface area (TPSA) is 95.5 Å². The zero-order chi connectivity index (χ0) is 21.8. The minimum atomic E-state index is -0.741. The van der Waals surface area contributed by atoms with E-state index in [2.05, 4.69) is 41.5 Å². The fourth-order valence-corrected chi connectivity index (χ4v) is 7.09. The molecule has 3 N–H and O–H groups in total. The van der Waals surface area contributed by atoms with Gasteiger partial charge in [-0.05, 0) is 56.1 Å². The molecule has 0 spiro atoms. The number of hydrogen-bond acceptors (Lipinski definition) is 5. The first kappa shape index (κ1) is 25.1. The van der Waals surface area contributed by atoms with Gasteiger partial charge in [-0.1, -0.05) is 25.5 Å². The maximum atomic E-state index is 12.2. The number of rotatable bonds is 15. The fourth-order valence-electron chi connectivity index (χ4n) is 4.16. The zero-order valence-corrected chi connectivity index (χ0v) is 19.6. The number of amides is 2. The van der Waals surface area contributed by atoms with Crippen LogP contribution in [0.4, 0.5) is 0 Å². The first-order valence-corrected chi connectivity index (χ1v) is 13.2. The van der Waals surface area contributed by atoms with E-state index in [1.54, 1.807) is 11.8 Å². The molecule has 170 valence electrons. The van der Waals surface area contributed by atoms with E-state index in [9.17, 15) is 14.4 Å². The Balaban J connectivity index is 1.66. The minimum absolute atomic E-state index is 0.0509. The van der Waals surface area contributed by atoms with Gasteiger partial charge in [-0.3, -0.25) is 14.4 Å². The zero-order valence-electron chi connectivity index (χ0n) is 17.9. The summed E-state index contributed by atoms with van der Waals surface area (Å²) in [6.45, 7) is 2.85. The first-order chi connectivity index (χ1) is 14.5. The summed E-state index contributed by atoms with van der Waals surface area (Å²) < 4.78 is 0. The van der Waals surface area contributed by atoms with E-state index in [1.807, 2.05) is 0 Å². The van der Waals surface area contributed by atoms with Gasteiger partial charge >= 0.3 is 5.97 Å². The molecule has 2 fully saturated rings. The molecule has 0 aromatic heterocycles. The average Bonchev–Trinajstić information content (AvgIpc) is 3.32. The molecule has 2 saturated heterocycles. The van der Waals surface area contributed by atoms with Crippen LogP contribution in [-0.2, 0) is 14.4 Å². The van der Waals surface area contributed by atoms with Gasteiger partial charge in [-0.15, -0.1) is 0 Å². The van der Waals surface area contributed by atoms with E-state index in [0.717, 1.165) is 31.4 Å². The lowest BCUT2D eigenvalue weighted by Crippen LogP contribution is -2.42. The van der Waals surface area contributed by atoms with Crippen LogP contribution < -0.4 is 10.6 Å². The molecule has 2 aliphatic rings. The van der Waals surface area contributed by atoms with Crippen LogP contribution in [0.15, 0.2) is 12.2 Å². The van der Waals surface area contributed by atoms with Crippen LogP contribution in [0.3, 0.4) is 0 Å². The molecule has 2 bridgehead atoms. The van der Waals surface area contributed by atoms with Crippen molar-refractivity contribution in [1.82, 2.24) is 10.6 Å². The van der Waals surface area contributed by atoms with Gasteiger partial charge in [-0.2, -0.15) is 23.5 Å². The molecule has 0 unspecified atom stereocenters. The van der Waals surface area contributed by atoms with Crippen LogP contribution in [0.2, 0.25) is 0 Å². The van der Waals surface area contributed by atoms with Crippen LogP contribution in [0.1, 0.15) is 58.3 Å². The quantitative estimate of drug-likeness (QED) is 0.258. The highest BCUT2D eigenvalue weighted by Gasteiger charge is 2.47. The summed E-state index contributed by atoms with van der Waals surface area (Å²) in [5, 5.41) is 15.7. The third-order valence-electron chi connectivity index (χ3n) is 5.78. The lowest BCUT2D eigenvalue weighted by Gasteiger charge is -2.29. The summed E-state index contributed by atoms with van der Waals surface area (Å²) in [7, 11) is 0.